The SMILES string of the molecule is CC1=C(C)C(=O)C(N=Nc2c(C(C)(C)C)noc2[O-])=C(C)C1=O. The highest BCUT2D eigenvalue weighted by Crippen LogP contribution is 2.37. The average molecular weight is 316 g/mol. The van der Waals surface area contributed by atoms with Crippen molar-refractivity contribution in [3.63, 3.8) is 0 Å². The second-order valence-corrected chi connectivity index (χ2v) is 6.50. The number of carbonyl (C=O) groups excluding carboxylic acids is 2. The molecule has 1 aromatic heterocycles. The van der Waals surface area contributed by atoms with Gasteiger partial charge in [-0.15, -0.1) is 10.2 Å². The molecule has 0 fully saturated rings. The molecule has 0 amide bonds. The summed E-state index contributed by atoms with van der Waals surface area (Å²) < 4.78 is 4.64. The van der Waals surface area contributed by atoms with E-state index >= 15 is 0 Å². The molecule has 0 saturated carbocycles. The maximum absolute atomic E-state index is 12.3. The number of carbonyl (C=O) groups is 2. The summed E-state index contributed by atoms with van der Waals surface area (Å²) in [5.41, 5.74) is 0.712. The third kappa shape index (κ3) is 2.86. The second-order valence-electron chi connectivity index (χ2n) is 6.50. The maximum atomic E-state index is 12.3. The molecule has 23 heavy (non-hydrogen) atoms. The highest BCUT2D eigenvalue weighted by atomic mass is 16.5. The summed E-state index contributed by atoms with van der Waals surface area (Å²) in [4.78, 5) is 24.4. The van der Waals surface area contributed by atoms with Crippen LogP contribution in [-0.2, 0) is 15.0 Å². The lowest BCUT2D eigenvalue weighted by molar-refractivity contribution is -0.296. The van der Waals surface area contributed by atoms with E-state index < -0.39 is 11.4 Å². The van der Waals surface area contributed by atoms with Crippen LogP contribution in [-0.4, -0.2) is 16.7 Å². The van der Waals surface area contributed by atoms with Crippen LogP contribution in [0.4, 0.5) is 5.69 Å². The maximum Gasteiger partial charge on any atom is 0.209 e. The number of Topliss-reactive ketones (excluding diaryl/α,β-unsaturated/α-hetero) is 2. The topological polar surface area (TPSA) is 108 Å². The molecule has 1 aromatic rings. The molecule has 0 spiro atoms. The van der Waals surface area contributed by atoms with E-state index in [4.69, 9.17) is 0 Å². The Labute approximate surface area is 133 Å². The Kier molecular flexibility index (Phi) is 4.07. The molecule has 1 aliphatic rings. The van der Waals surface area contributed by atoms with E-state index in [1.54, 1.807) is 13.8 Å². The van der Waals surface area contributed by atoms with Crippen LogP contribution >= 0.6 is 0 Å². The van der Waals surface area contributed by atoms with Crippen molar-refractivity contribution in [1.82, 2.24) is 5.16 Å². The molecule has 0 bridgehead atoms. The molecular formula is C16H18N3O4-. The predicted octanol–water partition coefficient (Wildman–Crippen LogP) is 2.89. The van der Waals surface area contributed by atoms with Crippen molar-refractivity contribution in [1.29, 1.82) is 0 Å². The Morgan fingerprint density at radius 1 is 0.957 bits per heavy atom. The fourth-order valence-electron chi connectivity index (χ4n) is 2.15. The molecule has 7 heteroatoms. The predicted molar refractivity (Wildman–Crippen MR) is 80.3 cm³/mol. The summed E-state index contributed by atoms with van der Waals surface area (Å²) in [6.07, 6.45) is 0. The number of azo groups is 1. The van der Waals surface area contributed by atoms with Gasteiger partial charge >= 0.3 is 0 Å². The van der Waals surface area contributed by atoms with Gasteiger partial charge < -0.3 is 9.63 Å². The van der Waals surface area contributed by atoms with Crippen molar-refractivity contribution >= 4 is 17.3 Å². The normalized spacial score (nSPS) is 17.0. The van der Waals surface area contributed by atoms with Gasteiger partial charge in [-0.2, -0.15) is 5.16 Å². The van der Waals surface area contributed by atoms with Crippen molar-refractivity contribution in [2.45, 2.75) is 47.0 Å². The summed E-state index contributed by atoms with van der Waals surface area (Å²) >= 11 is 0. The highest BCUT2D eigenvalue weighted by molar-refractivity contribution is 6.24. The Balaban J connectivity index is 2.48. The number of nitrogens with zero attached hydrogens (tertiary/aromatic N) is 3. The van der Waals surface area contributed by atoms with Crippen LogP contribution in [0.5, 0.6) is 5.95 Å². The van der Waals surface area contributed by atoms with E-state index in [-0.39, 0.29) is 28.5 Å². The van der Waals surface area contributed by atoms with E-state index in [9.17, 15) is 14.7 Å². The molecule has 7 nitrogen and oxygen atoms in total. The van der Waals surface area contributed by atoms with E-state index in [0.717, 1.165) is 0 Å². The summed E-state index contributed by atoms with van der Waals surface area (Å²) in [6.45, 7) is 10.2. The van der Waals surface area contributed by atoms with Gasteiger partial charge in [0.1, 0.15) is 17.3 Å². The summed E-state index contributed by atoms with van der Waals surface area (Å²) in [5.74, 6) is -1.35. The first-order valence-electron chi connectivity index (χ1n) is 7.12. The molecule has 0 N–H and O–H groups in total. The molecule has 1 aliphatic carbocycles. The molecule has 0 aliphatic heterocycles. The zero-order chi connectivity index (χ0) is 17.5. The average Bonchev–Trinajstić information content (AvgIpc) is 2.84. The Hall–Kier alpha value is -2.57. The van der Waals surface area contributed by atoms with Crippen LogP contribution in [0.15, 0.2) is 37.2 Å². The Morgan fingerprint density at radius 2 is 1.52 bits per heavy atom. The first-order chi connectivity index (χ1) is 10.6. The standard InChI is InChI=1S/C16H19N3O4/c1-7-8(2)13(21)10(9(3)12(7)20)17-18-11-14(16(4,5)6)19-23-15(11)22/h22H,1-6H3/p-1. The fraction of sp³-hybridized carbons (Fsp3) is 0.438. The Bertz CT molecular complexity index is 789. The van der Waals surface area contributed by atoms with Gasteiger partial charge in [0.2, 0.25) is 5.78 Å². The smallest absolute Gasteiger partial charge is 0.209 e. The molecule has 2 rings (SSSR count). The monoisotopic (exact) mass is 316 g/mol. The number of hydrogen-bond acceptors (Lipinski definition) is 7. The first-order valence-corrected chi connectivity index (χ1v) is 7.12. The Morgan fingerprint density at radius 3 is 2.09 bits per heavy atom. The zero-order valence-corrected chi connectivity index (χ0v) is 14.0. The lowest BCUT2D eigenvalue weighted by Gasteiger charge is -2.16. The summed E-state index contributed by atoms with van der Waals surface area (Å²) in [6, 6.07) is 0. The van der Waals surface area contributed by atoms with Crippen molar-refractivity contribution in [2.75, 3.05) is 0 Å². The van der Waals surface area contributed by atoms with Crippen LogP contribution in [0.3, 0.4) is 0 Å². The molecule has 122 valence electrons. The first kappa shape index (κ1) is 16.8. The summed E-state index contributed by atoms with van der Waals surface area (Å²) in [7, 11) is 0. The van der Waals surface area contributed by atoms with Gasteiger partial charge in [0.05, 0.1) is 5.69 Å². The quantitative estimate of drug-likeness (QED) is 0.615. The van der Waals surface area contributed by atoms with Crippen molar-refractivity contribution in [3.05, 3.63) is 28.1 Å². The minimum atomic E-state index is -0.727. The van der Waals surface area contributed by atoms with Crippen LogP contribution in [0.1, 0.15) is 47.2 Å². The molecule has 0 radical (unpaired) electrons. The van der Waals surface area contributed by atoms with Gasteiger partial charge in [0.25, 0.3) is 0 Å². The van der Waals surface area contributed by atoms with Crippen LogP contribution in [0.2, 0.25) is 0 Å². The van der Waals surface area contributed by atoms with Crippen molar-refractivity contribution < 1.29 is 19.2 Å². The largest absolute Gasteiger partial charge is 0.542 e. The van der Waals surface area contributed by atoms with Crippen LogP contribution in [0, 0.1) is 0 Å². The van der Waals surface area contributed by atoms with Crippen LogP contribution in [0.25, 0.3) is 0 Å². The molecule has 0 saturated heterocycles. The minimum absolute atomic E-state index is 0.0537. The number of ketones is 2. The molecular weight excluding hydrogens is 298 g/mol. The third-order valence-electron chi connectivity index (χ3n) is 3.75. The summed E-state index contributed by atoms with van der Waals surface area (Å²) in [5, 5.41) is 23.2. The van der Waals surface area contributed by atoms with Gasteiger partial charge in [-0.25, -0.2) is 0 Å². The van der Waals surface area contributed by atoms with Gasteiger partial charge in [-0.1, -0.05) is 20.8 Å². The highest BCUT2D eigenvalue weighted by Gasteiger charge is 2.28. The van der Waals surface area contributed by atoms with Gasteiger partial charge in [0.15, 0.2) is 5.78 Å². The van der Waals surface area contributed by atoms with E-state index in [1.807, 2.05) is 20.8 Å². The molecule has 1 heterocycles. The number of hydrogen-bond donors (Lipinski definition) is 0. The second kappa shape index (κ2) is 5.57. The van der Waals surface area contributed by atoms with Gasteiger partial charge in [-0.3, -0.25) is 9.59 Å². The van der Waals surface area contributed by atoms with E-state index in [0.29, 0.717) is 16.8 Å². The van der Waals surface area contributed by atoms with E-state index in [2.05, 4.69) is 19.9 Å². The lowest BCUT2D eigenvalue weighted by atomic mass is 9.90. The number of rotatable bonds is 2. The zero-order valence-electron chi connectivity index (χ0n) is 14.0. The van der Waals surface area contributed by atoms with Gasteiger partial charge in [0, 0.05) is 22.1 Å². The third-order valence-corrected chi connectivity index (χ3v) is 3.75. The number of aromatic nitrogens is 1. The van der Waals surface area contributed by atoms with Gasteiger partial charge in [-0.05, 0) is 20.8 Å². The lowest BCUT2D eigenvalue weighted by Crippen LogP contribution is -2.19. The van der Waals surface area contributed by atoms with Crippen molar-refractivity contribution in [3.8, 4) is 5.95 Å². The minimum Gasteiger partial charge on any atom is -0.542 e. The number of allylic oxidation sites excluding steroid dienone is 3. The van der Waals surface area contributed by atoms with Crippen LogP contribution < -0.4 is 5.11 Å². The fourth-order valence-corrected chi connectivity index (χ4v) is 2.15. The molecule has 0 unspecified atom stereocenters. The van der Waals surface area contributed by atoms with Crippen molar-refractivity contribution in [2.24, 2.45) is 10.2 Å². The molecule has 0 atom stereocenters. The molecule has 0 aromatic carbocycles. The van der Waals surface area contributed by atoms with E-state index in [1.165, 1.54) is 6.92 Å².